The van der Waals surface area contributed by atoms with Crippen molar-refractivity contribution in [3.8, 4) is 0 Å². The van der Waals surface area contributed by atoms with E-state index in [1.807, 2.05) is 0 Å². The molecular formula is C10H10N4O5S. The van der Waals surface area contributed by atoms with Crippen LogP contribution >= 0.6 is 0 Å². The number of hydrogen-bond acceptors (Lipinski definition) is 7. The molecule has 0 aliphatic heterocycles. The van der Waals surface area contributed by atoms with Gasteiger partial charge >= 0.3 is 0 Å². The highest BCUT2D eigenvalue weighted by atomic mass is 32.2. The van der Waals surface area contributed by atoms with E-state index in [0.717, 1.165) is 12.1 Å². The Morgan fingerprint density at radius 3 is 2.75 bits per heavy atom. The topological polar surface area (TPSA) is 141 Å². The quantitative estimate of drug-likeness (QED) is 0.468. The van der Waals surface area contributed by atoms with E-state index in [1.54, 1.807) is 0 Å². The van der Waals surface area contributed by atoms with Gasteiger partial charge in [0.1, 0.15) is 4.90 Å². The van der Waals surface area contributed by atoms with E-state index in [9.17, 15) is 18.5 Å². The number of aromatic nitrogens is 1. The highest BCUT2D eigenvalue weighted by Crippen LogP contribution is 2.24. The van der Waals surface area contributed by atoms with Crippen molar-refractivity contribution in [1.82, 2.24) is 9.88 Å². The molecule has 0 aliphatic carbocycles. The Bertz CT molecular complexity index is 726. The molecule has 2 rings (SSSR count). The zero-order valence-electron chi connectivity index (χ0n) is 10.0. The summed E-state index contributed by atoms with van der Waals surface area (Å²) < 4.78 is 31.1. The third-order valence-electron chi connectivity index (χ3n) is 2.43. The van der Waals surface area contributed by atoms with Crippen LogP contribution in [-0.4, -0.2) is 18.5 Å². The second-order valence-corrected chi connectivity index (χ2v) is 5.52. The number of nitro groups is 1. The minimum atomic E-state index is -3.99. The summed E-state index contributed by atoms with van der Waals surface area (Å²) in [7, 11) is -3.99. The van der Waals surface area contributed by atoms with Gasteiger partial charge < -0.3 is 10.3 Å². The highest BCUT2D eigenvalue weighted by molar-refractivity contribution is 7.89. The molecule has 0 saturated carbocycles. The Hall–Kier alpha value is -2.46. The van der Waals surface area contributed by atoms with Gasteiger partial charge in [-0.2, -0.15) is 0 Å². The van der Waals surface area contributed by atoms with Crippen molar-refractivity contribution in [3.63, 3.8) is 0 Å². The van der Waals surface area contributed by atoms with Gasteiger partial charge in [-0.3, -0.25) is 10.1 Å². The first-order valence-electron chi connectivity index (χ1n) is 5.33. The third kappa shape index (κ3) is 2.92. The normalized spacial score (nSPS) is 11.4. The zero-order valence-corrected chi connectivity index (χ0v) is 10.8. The number of anilines is 1. The van der Waals surface area contributed by atoms with E-state index >= 15 is 0 Å². The first-order valence-corrected chi connectivity index (χ1v) is 6.81. The fourth-order valence-corrected chi connectivity index (χ4v) is 2.59. The summed E-state index contributed by atoms with van der Waals surface area (Å²) in [5, 5.41) is 14.1. The lowest BCUT2D eigenvalue weighted by atomic mass is 10.3. The molecule has 1 heterocycles. The van der Waals surface area contributed by atoms with E-state index in [1.165, 1.54) is 18.3 Å². The van der Waals surface area contributed by atoms with Gasteiger partial charge in [-0.15, -0.1) is 0 Å². The number of nitrogens with two attached hydrogens (primary N) is 1. The van der Waals surface area contributed by atoms with Gasteiger partial charge in [-0.1, -0.05) is 5.16 Å². The number of hydrogen-bond donors (Lipinski definition) is 2. The summed E-state index contributed by atoms with van der Waals surface area (Å²) in [6, 6.07) is 4.68. The van der Waals surface area contributed by atoms with Crippen LogP contribution in [0.25, 0.3) is 0 Å². The third-order valence-corrected chi connectivity index (χ3v) is 3.88. The second-order valence-electron chi connectivity index (χ2n) is 3.78. The van der Waals surface area contributed by atoms with E-state index in [-0.39, 0.29) is 22.8 Å². The summed E-state index contributed by atoms with van der Waals surface area (Å²) >= 11 is 0. The lowest BCUT2D eigenvalue weighted by Gasteiger charge is -2.07. The molecule has 0 saturated heterocycles. The van der Waals surface area contributed by atoms with Crippen LogP contribution in [0, 0.1) is 10.1 Å². The number of rotatable bonds is 5. The molecule has 2 aromatic rings. The standard InChI is InChI=1S/C10H10N4O5S/c11-9-2-1-7(14(15)16)5-10(9)20(17,18)13-6-8-3-4-12-19-8/h1-5,13H,6,11H2. The largest absolute Gasteiger partial charge is 0.398 e. The number of sulfonamides is 1. The van der Waals surface area contributed by atoms with Crippen molar-refractivity contribution in [2.24, 2.45) is 0 Å². The molecule has 20 heavy (non-hydrogen) atoms. The average Bonchev–Trinajstić information content (AvgIpc) is 2.89. The van der Waals surface area contributed by atoms with Crippen molar-refractivity contribution in [2.75, 3.05) is 5.73 Å². The molecular weight excluding hydrogens is 288 g/mol. The molecule has 0 spiro atoms. The molecule has 106 valence electrons. The van der Waals surface area contributed by atoms with Crippen molar-refractivity contribution in [1.29, 1.82) is 0 Å². The molecule has 0 aliphatic rings. The molecule has 0 bridgehead atoms. The van der Waals surface area contributed by atoms with Gasteiger partial charge in [0.25, 0.3) is 5.69 Å². The molecule has 0 amide bonds. The van der Waals surface area contributed by atoms with Crippen LogP contribution < -0.4 is 10.5 Å². The van der Waals surface area contributed by atoms with Crippen LogP contribution in [0.4, 0.5) is 11.4 Å². The fraction of sp³-hybridized carbons (Fsp3) is 0.100. The summed E-state index contributed by atoms with van der Waals surface area (Å²) in [4.78, 5) is 9.61. The maximum atomic E-state index is 12.0. The van der Waals surface area contributed by atoms with E-state index in [4.69, 9.17) is 10.3 Å². The maximum absolute atomic E-state index is 12.0. The molecule has 9 nitrogen and oxygen atoms in total. The van der Waals surface area contributed by atoms with Gasteiger partial charge in [0.05, 0.1) is 23.4 Å². The number of nitrogen functional groups attached to an aromatic ring is 1. The van der Waals surface area contributed by atoms with Crippen LogP contribution in [0.5, 0.6) is 0 Å². The minimum Gasteiger partial charge on any atom is -0.398 e. The number of non-ortho nitro benzene ring substituents is 1. The van der Waals surface area contributed by atoms with Crippen LogP contribution in [-0.2, 0) is 16.6 Å². The van der Waals surface area contributed by atoms with Gasteiger partial charge in [0.15, 0.2) is 5.76 Å². The van der Waals surface area contributed by atoms with Crippen molar-refractivity contribution in [3.05, 3.63) is 46.3 Å². The first-order chi connectivity index (χ1) is 9.40. The lowest BCUT2D eigenvalue weighted by molar-refractivity contribution is -0.385. The Morgan fingerprint density at radius 2 is 2.15 bits per heavy atom. The fourth-order valence-electron chi connectivity index (χ4n) is 1.45. The van der Waals surface area contributed by atoms with E-state index in [0.29, 0.717) is 5.76 Å². The molecule has 0 unspecified atom stereocenters. The smallest absolute Gasteiger partial charge is 0.270 e. The SMILES string of the molecule is Nc1ccc([N+](=O)[O-])cc1S(=O)(=O)NCc1ccno1. The predicted octanol–water partition coefficient (Wildman–Crippen LogP) is 0.643. The molecule has 3 N–H and O–H groups in total. The Kier molecular flexibility index (Phi) is 3.68. The van der Waals surface area contributed by atoms with Crippen molar-refractivity contribution in [2.45, 2.75) is 11.4 Å². The van der Waals surface area contributed by atoms with Crippen molar-refractivity contribution < 1.29 is 17.9 Å². The molecule has 0 radical (unpaired) electrons. The first kappa shape index (κ1) is 14.0. The monoisotopic (exact) mass is 298 g/mol. The Balaban J connectivity index is 2.28. The second kappa shape index (κ2) is 5.27. The maximum Gasteiger partial charge on any atom is 0.270 e. The zero-order chi connectivity index (χ0) is 14.8. The van der Waals surface area contributed by atoms with Crippen LogP contribution in [0.1, 0.15) is 5.76 Å². The highest BCUT2D eigenvalue weighted by Gasteiger charge is 2.21. The summed E-state index contributed by atoms with van der Waals surface area (Å²) in [6.07, 6.45) is 1.37. The number of benzene rings is 1. The van der Waals surface area contributed by atoms with Gasteiger partial charge in [-0.25, -0.2) is 13.1 Å². The summed E-state index contributed by atoms with van der Waals surface area (Å²) in [5.74, 6) is 0.303. The van der Waals surface area contributed by atoms with Crippen LogP contribution in [0.15, 0.2) is 39.9 Å². The molecule has 1 aromatic carbocycles. The van der Waals surface area contributed by atoms with Gasteiger partial charge in [-0.05, 0) is 6.07 Å². The van der Waals surface area contributed by atoms with Gasteiger partial charge in [0, 0.05) is 18.2 Å². The van der Waals surface area contributed by atoms with E-state index in [2.05, 4.69) is 9.88 Å². The Morgan fingerprint density at radius 1 is 1.40 bits per heavy atom. The summed E-state index contributed by atoms with van der Waals surface area (Å²) in [5.41, 5.74) is 5.10. The number of nitro benzene ring substituents is 1. The predicted molar refractivity (Wildman–Crippen MR) is 68.0 cm³/mol. The van der Waals surface area contributed by atoms with Crippen molar-refractivity contribution >= 4 is 21.4 Å². The average molecular weight is 298 g/mol. The molecule has 0 fully saturated rings. The van der Waals surface area contributed by atoms with Crippen LogP contribution in [0.2, 0.25) is 0 Å². The Labute approximate surface area is 113 Å². The minimum absolute atomic E-state index is 0.0827. The van der Waals surface area contributed by atoms with E-state index < -0.39 is 14.9 Å². The molecule has 10 heteroatoms. The number of nitrogens with one attached hydrogen (secondary N) is 1. The summed E-state index contributed by atoms with van der Waals surface area (Å²) in [6.45, 7) is -0.134. The number of nitrogens with zero attached hydrogens (tertiary/aromatic N) is 2. The van der Waals surface area contributed by atoms with Crippen LogP contribution in [0.3, 0.4) is 0 Å². The lowest BCUT2D eigenvalue weighted by Crippen LogP contribution is -2.24. The van der Waals surface area contributed by atoms with Gasteiger partial charge in [0.2, 0.25) is 10.0 Å². The molecule has 1 aromatic heterocycles. The molecule has 0 atom stereocenters.